The monoisotopic (exact) mass is 268 g/mol. The zero-order chi connectivity index (χ0) is 9.97. The SMILES string of the molecule is Clc1ccc(-c2nccnc2Br)cc1. The summed E-state index contributed by atoms with van der Waals surface area (Å²) in [7, 11) is 0. The molecule has 4 heteroatoms. The third-order valence-electron chi connectivity index (χ3n) is 1.77. The number of halogens is 2. The summed E-state index contributed by atoms with van der Waals surface area (Å²) in [6.07, 6.45) is 3.30. The molecule has 0 aliphatic heterocycles. The molecule has 0 bridgehead atoms. The molecule has 2 aromatic rings. The topological polar surface area (TPSA) is 25.8 Å². The lowest BCUT2D eigenvalue weighted by atomic mass is 10.2. The second kappa shape index (κ2) is 4.07. The molecule has 0 spiro atoms. The van der Waals surface area contributed by atoms with Crippen LogP contribution in [0.2, 0.25) is 5.02 Å². The van der Waals surface area contributed by atoms with Crippen molar-refractivity contribution in [1.82, 2.24) is 9.97 Å². The van der Waals surface area contributed by atoms with Crippen molar-refractivity contribution in [2.45, 2.75) is 0 Å². The molecule has 0 N–H and O–H groups in total. The van der Waals surface area contributed by atoms with Crippen LogP contribution >= 0.6 is 27.5 Å². The molecule has 1 heterocycles. The minimum Gasteiger partial charge on any atom is -0.252 e. The van der Waals surface area contributed by atoms with Crippen molar-refractivity contribution in [3.05, 3.63) is 46.3 Å². The van der Waals surface area contributed by atoms with Crippen molar-refractivity contribution >= 4 is 27.5 Å². The van der Waals surface area contributed by atoms with Crippen LogP contribution in [0.5, 0.6) is 0 Å². The van der Waals surface area contributed by atoms with Gasteiger partial charge in [0.25, 0.3) is 0 Å². The summed E-state index contributed by atoms with van der Waals surface area (Å²) < 4.78 is 0.738. The number of rotatable bonds is 1. The zero-order valence-corrected chi connectivity index (χ0v) is 9.46. The molecule has 0 unspecified atom stereocenters. The fraction of sp³-hybridized carbons (Fsp3) is 0. The van der Waals surface area contributed by atoms with Crippen LogP contribution in [0.1, 0.15) is 0 Å². The lowest BCUT2D eigenvalue weighted by Gasteiger charge is -2.01. The van der Waals surface area contributed by atoms with E-state index in [4.69, 9.17) is 11.6 Å². The highest BCUT2D eigenvalue weighted by Gasteiger charge is 2.03. The van der Waals surface area contributed by atoms with Gasteiger partial charge in [0, 0.05) is 23.0 Å². The molecule has 0 aliphatic rings. The Hall–Kier alpha value is -0.930. The average molecular weight is 270 g/mol. The van der Waals surface area contributed by atoms with E-state index in [0.717, 1.165) is 15.9 Å². The van der Waals surface area contributed by atoms with Gasteiger partial charge in [-0.25, -0.2) is 4.98 Å². The van der Waals surface area contributed by atoms with Crippen LogP contribution in [-0.4, -0.2) is 9.97 Å². The smallest absolute Gasteiger partial charge is 0.132 e. The van der Waals surface area contributed by atoms with Gasteiger partial charge in [-0.05, 0) is 28.1 Å². The van der Waals surface area contributed by atoms with Gasteiger partial charge in [0.2, 0.25) is 0 Å². The summed E-state index contributed by atoms with van der Waals surface area (Å²) in [5, 5.41) is 0.716. The van der Waals surface area contributed by atoms with Crippen LogP contribution in [0.4, 0.5) is 0 Å². The summed E-state index contributed by atoms with van der Waals surface area (Å²) in [5.41, 5.74) is 1.82. The second-order valence-electron chi connectivity index (χ2n) is 2.70. The fourth-order valence-electron chi connectivity index (χ4n) is 1.12. The summed E-state index contributed by atoms with van der Waals surface area (Å²) in [6.45, 7) is 0. The molecular formula is C10H6BrClN2. The first-order valence-electron chi connectivity index (χ1n) is 4.00. The maximum atomic E-state index is 5.79. The number of aromatic nitrogens is 2. The first-order chi connectivity index (χ1) is 6.77. The zero-order valence-electron chi connectivity index (χ0n) is 7.11. The van der Waals surface area contributed by atoms with Gasteiger partial charge >= 0.3 is 0 Å². The third-order valence-corrected chi connectivity index (χ3v) is 2.60. The molecule has 0 saturated heterocycles. The van der Waals surface area contributed by atoms with E-state index >= 15 is 0 Å². The molecule has 1 aromatic heterocycles. The Labute approximate surface area is 95.1 Å². The number of nitrogens with zero attached hydrogens (tertiary/aromatic N) is 2. The molecule has 1 aromatic carbocycles. The van der Waals surface area contributed by atoms with E-state index in [-0.39, 0.29) is 0 Å². The van der Waals surface area contributed by atoms with E-state index in [0.29, 0.717) is 5.02 Å². The number of benzene rings is 1. The molecule has 0 aliphatic carbocycles. The van der Waals surface area contributed by atoms with Gasteiger partial charge in [0.1, 0.15) is 10.3 Å². The van der Waals surface area contributed by atoms with Crippen LogP contribution in [0, 0.1) is 0 Å². The van der Waals surface area contributed by atoms with Gasteiger partial charge in [0.15, 0.2) is 0 Å². The minimum atomic E-state index is 0.716. The van der Waals surface area contributed by atoms with E-state index in [9.17, 15) is 0 Å². The van der Waals surface area contributed by atoms with Gasteiger partial charge in [0.05, 0.1) is 0 Å². The Kier molecular flexibility index (Phi) is 2.79. The molecule has 14 heavy (non-hydrogen) atoms. The highest BCUT2D eigenvalue weighted by Crippen LogP contribution is 2.24. The predicted molar refractivity (Wildman–Crippen MR) is 60.2 cm³/mol. The summed E-state index contributed by atoms with van der Waals surface area (Å²) in [6, 6.07) is 7.49. The van der Waals surface area contributed by atoms with Crippen molar-refractivity contribution in [3.63, 3.8) is 0 Å². The van der Waals surface area contributed by atoms with Crippen molar-refractivity contribution in [3.8, 4) is 11.3 Å². The Bertz CT molecular complexity index is 442. The molecule has 0 radical (unpaired) electrons. The van der Waals surface area contributed by atoms with Crippen molar-refractivity contribution < 1.29 is 0 Å². The molecule has 2 rings (SSSR count). The summed E-state index contributed by atoms with van der Waals surface area (Å²) >= 11 is 9.14. The van der Waals surface area contributed by atoms with Crippen LogP contribution in [0.15, 0.2) is 41.3 Å². The maximum absolute atomic E-state index is 5.79. The normalized spacial score (nSPS) is 10.1. The maximum Gasteiger partial charge on any atom is 0.132 e. The quantitative estimate of drug-likeness (QED) is 0.791. The molecule has 0 saturated carbocycles. The van der Waals surface area contributed by atoms with Gasteiger partial charge in [-0.2, -0.15) is 0 Å². The van der Waals surface area contributed by atoms with E-state index in [2.05, 4.69) is 25.9 Å². The van der Waals surface area contributed by atoms with Gasteiger partial charge < -0.3 is 0 Å². The fourth-order valence-corrected chi connectivity index (χ4v) is 1.70. The van der Waals surface area contributed by atoms with Crippen LogP contribution in [0.25, 0.3) is 11.3 Å². The highest BCUT2D eigenvalue weighted by molar-refractivity contribution is 9.10. The lowest BCUT2D eigenvalue weighted by Crippen LogP contribution is -1.86. The van der Waals surface area contributed by atoms with Gasteiger partial charge in [-0.1, -0.05) is 23.7 Å². The van der Waals surface area contributed by atoms with E-state index < -0.39 is 0 Å². The first-order valence-corrected chi connectivity index (χ1v) is 5.17. The molecule has 0 amide bonds. The van der Waals surface area contributed by atoms with Crippen molar-refractivity contribution in [1.29, 1.82) is 0 Å². The van der Waals surface area contributed by atoms with Crippen molar-refractivity contribution in [2.24, 2.45) is 0 Å². The Morgan fingerprint density at radius 3 is 2.29 bits per heavy atom. The molecule has 70 valence electrons. The second-order valence-corrected chi connectivity index (χ2v) is 3.89. The van der Waals surface area contributed by atoms with E-state index in [1.165, 1.54) is 0 Å². The standard InChI is InChI=1S/C10H6BrClN2/c11-10-9(13-5-6-14-10)7-1-3-8(12)4-2-7/h1-6H. The molecule has 0 atom stereocenters. The van der Waals surface area contributed by atoms with Crippen LogP contribution in [0.3, 0.4) is 0 Å². The first kappa shape index (κ1) is 9.62. The molecule has 0 fully saturated rings. The van der Waals surface area contributed by atoms with E-state index in [1.54, 1.807) is 12.4 Å². The lowest BCUT2D eigenvalue weighted by molar-refractivity contribution is 1.17. The predicted octanol–water partition coefficient (Wildman–Crippen LogP) is 3.56. The van der Waals surface area contributed by atoms with Crippen LogP contribution in [-0.2, 0) is 0 Å². The Morgan fingerprint density at radius 1 is 1.00 bits per heavy atom. The summed E-state index contributed by atoms with van der Waals surface area (Å²) in [5.74, 6) is 0. The Balaban J connectivity index is 2.50. The largest absolute Gasteiger partial charge is 0.252 e. The number of hydrogen-bond acceptors (Lipinski definition) is 2. The minimum absolute atomic E-state index is 0.716. The van der Waals surface area contributed by atoms with E-state index in [1.807, 2.05) is 24.3 Å². The van der Waals surface area contributed by atoms with Gasteiger partial charge in [-0.3, -0.25) is 4.98 Å². The average Bonchev–Trinajstić information content (AvgIpc) is 2.20. The summed E-state index contributed by atoms with van der Waals surface area (Å²) in [4.78, 5) is 8.32. The third kappa shape index (κ3) is 1.94. The highest BCUT2D eigenvalue weighted by atomic mass is 79.9. The molecule has 2 nitrogen and oxygen atoms in total. The van der Waals surface area contributed by atoms with Crippen LogP contribution < -0.4 is 0 Å². The molecular weight excluding hydrogens is 263 g/mol. The van der Waals surface area contributed by atoms with Crippen molar-refractivity contribution in [2.75, 3.05) is 0 Å². The Morgan fingerprint density at radius 2 is 1.64 bits per heavy atom. The number of hydrogen-bond donors (Lipinski definition) is 0. The van der Waals surface area contributed by atoms with Gasteiger partial charge in [-0.15, -0.1) is 0 Å².